The Morgan fingerprint density at radius 3 is 2.52 bits per heavy atom. The molecule has 1 saturated heterocycles. The summed E-state index contributed by atoms with van der Waals surface area (Å²) in [5, 5.41) is 0. The van der Waals surface area contributed by atoms with Crippen molar-refractivity contribution in [1.82, 2.24) is 9.80 Å². The Balaban J connectivity index is 0. The number of likely N-dealkylation sites (tertiary alicyclic amines) is 1. The van der Waals surface area contributed by atoms with Gasteiger partial charge in [0, 0.05) is 32.1 Å². The Bertz CT molecular complexity index is 277. The van der Waals surface area contributed by atoms with Crippen LogP contribution in [0.3, 0.4) is 0 Å². The SMILES string of the molecule is CCN(CC)CCOC1CCN(C(=O)CC(C)N)C1.Cl.Cl. The van der Waals surface area contributed by atoms with Crippen LogP contribution in [0.1, 0.15) is 33.6 Å². The molecule has 1 aliphatic heterocycles. The summed E-state index contributed by atoms with van der Waals surface area (Å²) < 4.78 is 5.86. The van der Waals surface area contributed by atoms with E-state index in [1.165, 1.54) is 0 Å². The second-order valence-electron chi connectivity index (χ2n) is 5.33. The van der Waals surface area contributed by atoms with Crippen molar-refractivity contribution < 1.29 is 9.53 Å². The number of rotatable bonds is 8. The molecule has 0 aromatic heterocycles. The number of likely N-dealkylation sites (N-methyl/N-ethyl adjacent to an activating group) is 1. The molecular weight excluding hydrogens is 313 g/mol. The highest BCUT2D eigenvalue weighted by atomic mass is 35.5. The van der Waals surface area contributed by atoms with E-state index in [4.69, 9.17) is 10.5 Å². The topological polar surface area (TPSA) is 58.8 Å². The highest BCUT2D eigenvalue weighted by Gasteiger charge is 2.26. The molecule has 2 atom stereocenters. The molecule has 1 rings (SSSR count). The second kappa shape index (κ2) is 12.5. The average Bonchev–Trinajstić information content (AvgIpc) is 2.83. The first-order chi connectivity index (χ1) is 9.06. The van der Waals surface area contributed by atoms with Gasteiger partial charge in [-0.1, -0.05) is 13.8 Å². The third-order valence-electron chi connectivity index (χ3n) is 3.65. The van der Waals surface area contributed by atoms with Gasteiger partial charge in [-0.2, -0.15) is 0 Å². The maximum absolute atomic E-state index is 11.9. The monoisotopic (exact) mass is 343 g/mol. The minimum absolute atomic E-state index is 0. The van der Waals surface area contributed by atoms with E-state index in [-0.39, 0.29) is 42.9 Å². The summed E-state index contributed by atoms with van der Waals surface area (Å²) in [4.78, 5) is 16.1. The van der Waals surface area contributed by atoms with Gasteiger partial charge in [-0.05, 0) is 26.4 Å². The standard InChI is InChI=1S/C14H29N3O2.2ClH/c1-4-16(5-2)8-9-19-13-6-7-17(11-13)14(18)10-12(3)15;;/h12-13H,4-11,15H2,1-3H3;2*1H. The molecule has 2 N–H and O–H groups in total. The molecule has 0 saturated carbocycles. The molecule has 7 heteroatoms. The fourth-order valence-corrected chi connectivity index (χ4v) is 2.38. The van der Waals surface area contributed by atoms with E-state index < -0.39 is 0 Å². The highest BCUT2D eigenvalue weighted by molar-refractivity contribution is 5.85. The predicted molar refractivity (Wildman–Crippen MR) is 91.5 cm³/mol. The molecular formula is C14H31Cl2N3O2. The first-order valence-electron chi connectivity index (χ1n) is 7.44. The number of hydrogen-bond donors (Lipinski definition) is 1. The summed E-state index contributed by atoms with van der Waals surface area (Å²) >= 11 is 0. The molecule has 0 aliphatic carbocycles. The van der Waals surface area contributed by atoms with Gasteiger partial charge in [0.15, 0.2) is 0 Å². The molecule has 1 amide bonds. The second-order valence-corrected chi connectivity index (χ2v) is 5.33. The zero-order valence-electron chi connectivity index (χ0n) is 13.4. The lowest BCUT2D eigenvalue weighted by Gasteiger charge is -2.20. The Morgan fingerprint density at radius 1 is 1.38 bits per heavy atom. The van der Waals surface area contributed by atoms with Gasteiger partial charge in [0.25, 0.3) is 0 Å². The van der Waals surface area contributed by atoms with Crippen molar-refractivity contribution >= 4 is 30.7 Å². The van der Waals surface area contributed by atoms with E-state index in [1.807, 2.05) is 11.8 Å². The fourth-order valence-electron chi connectivity index (χ4n) is 2.38. The van der Waals surface area contributed by atoms with Crippen LogP contribution in [-0.2, 0) is 9.53 Å². The number of halogens is 2. The number of hydrogen-bond acceptors (Lipinski definition) is 4. The minimum atomic E-state index is -0.0601. The lowest BCUT2D eigenvalue weighted by Crippen LogP contribution is -2.34. The maximum Gasteiger partial charge on any atom is 0.224 e. The van der Waals surface area contributed by atoms with Crippen molar-refractivity contribution in [3.8, 4) is 0 Å². The molecule has 0 aromatic rings. The van der Waals surface area contributed by atoms with Crippen molar-refractivity contribution in [2.45, 2.75) is 45.8 Å². The quantitative estimate of drug-likeness (QED) is 0.725. The van der Waals surface area contributed by atoms with Crippen LogP contribution in [0.25, 0.3) is 0 Å². The van der Waals surface area contributed by atoms with Crippen LogP contribution < -0.4 is 5.73 Å². The normalized spacial score (nSPS) is 19.1. The summed E-state index contributed by atoms with van der Waals surface area (Å²) in [6.07, 6.45) is 1.59. The van der Waals surface area contributed by atoms with Gasteiger partial charge < -0.3 is 20.3 Å². The van der Waals surface area contributed by atoms with Crippen LogP contribution in [0.5, 0.6) is 0 Å². The molecule has 21 heavy (non-hydrogen) atoms. The minimum Gasteiger partial charge on any atom is -0.375 e. The van der Waals surface area contributed by atoms with Gasteiger partial charge in [0.05, 0.1) is 12.7 Å². The summed E-state index contributed by atoms with van der Waals surface area (Å²) in [5.41, 5.74) is 5.66. The van der Waals surface area contributed by atoms with E-state index in [0.29, 0.717) is 6.42 Å². The van der Waals surface area contributed by atoms with Crippen molar-refractivity contribution in [2.24, 2.45) is 5.73 Å². The van der Waals surface area contributed by atoms with E-state index >= 15 is 0 Å². The largest absolute Gasteiger partial charge is 0.375 e. The molecule has 2 unspecified atom stereocenters. The Kier molecular flexibility index (Phi) is 13.8. The van der Waals surface area contributed by atoms with Gasteiger partial charge in [-0.15, -0.1) is 24.8 Å². The van der Waals surface area contributed by atoms with Gasteiger partial charge in [0.2, 0.25) is 5.91 Å². The fraction of sp³-hybridized carbons (Fsp3) is 0.929. The van der Waals surface area contributed by atoms with Gasteiger partial charge in [-0.25, -0.2) is 0 Å². The Hall–Kier alpha value is -0.0700. The lowest BCUT2D eigenvalue weighted by molar-refractivity contribution is -0.130. The van der Waals surface area contributed by atoms with Crippen molar-refractivity contribution in [2.75, 3.05) is 39.3 Å². The number of ether oxygens (including phenoxy) is 1. The summed E-state index contributed by atoms with van der Waals surface area (Å²) in [7, 11) is 0. The molecule has 0 radical (unpaired) electrons. The average molecular weight is 344 g/mol. The number of nitrogens with two attached hydrogens (primary N) is 1. The molecule has 1 heterocycles. The first-order valence-corrected chi connectivity index (χ1v) is 7.44. The van der Waals surface area contributed by atoms with E-state index in [1.54, 1.807) is 0 Å². The molecule has 128 valence electrons. The third-order valence-corrected chi connectivity index (χ3v) is 3.65. The number of nitrogens with zero attached hydrogens (tertiary/aromatic N) is 2. The van der Waals surface area contributed by atoms with Crippen LogP contribution in [0, 0.1) is 0 Å². The molecule has 0 bridgehead atoms. The van der Waals surface area contributed by atoms with Gasteiger partial charge in [0.1, 0.15) is 0 Å². The van der Waals surface area contributed by atoms with E-state index in [0.717, 1.165) is 45.8 Å². The van der Waals surface area contributed by atoms with Crippen molar-refractivity contribution in [3.05, 3.63) is 0 Å². The van der Waals surface area contributed by atoms with E-state index in [9.17, 15) is 4.79 Å². The third kappa shape index (κ3) is 8.83. The molecule has 1 fully saturated rings. The Morgan fingerprint density at radius 2 is 2.00 bits per heavy atom. The van der Waals surface area contributed by atoms with Crippen molar-refractivity contribution in [3.63, 3.8) is 0 Å². The van der Waals surface area contributed by atoms with Crippen molar-refractivity contribution in [1.29, 1.82) is 0 Å². The first kappa shape index (κ1) is 23.2. The predicted octanol–water partition coefficient (Wildman–Crippen LogP) is 1.53. The number of carbonyl (C=O) groups excluding carboxylic acids is 1. The molecule has 1 aliphatic rings. The van der Waals surface area contributed by atoms with Gasteiger partial charge in [-0.3, -0.25) is 4.79 Å². The zero-order valence-corrected chi connectivity index (χ0v) is 15.0. The Labute approximate surface area is 141 Å². The number of amides is 1. The lowest BCUT2D eigenvalue weighted by atomic mass is 10.2. The zero-order chi connectivity index (χ0) is 14.3. The van der Waals surface area contributed by atoms with E-state index in [2.05, 4.69) is 18.7 Å². The molecule has 0 spiro atoms. The van der Waals surface area contributed by atoms with Crippen LogP contribution in [0.15, 0.2) is 0 Å². The summed E-state index contributed by atoms with van der Waals surface area (Å²) in [5.74, 6) is 0.157. The van der Waals surface area contributed by atoms with Crippen LogP contribution in [0.2, 0.25) is 0 Å². The van der Waals surface area contributed by atoms with Gasteiger partial charge >= 0.3 is 0 Å². The van der Waals surface area contributed by atoms with Crippen LogP contribution in [-0.4, -0.2) is 67.2 Å². The summed E-state index contributed by atoms with van der Waals surface area (Å²) in [6.45, 7) is 11.6. The smallest absolute Gasteiger partial charge is 0.224 e. The van der Waals surface area contributed by atoms with Crippen LogP contribution in [0.4, 0.5) is 0 Å². The molecule has 0 aromatic carbocycles. The highest BCUT2D eigenvalue weighted by Crippen LogP contribution is 2.14. The number of carbonyl (C=O) groups is 1. The molecule has 5 nitrogen and oxygen atoms in total. The van der Waals surface area contributed by atoms with Crippen LogP contribution >= 0.6 is 24.8 Å². The maximum atomic E-state index is 11.9. The summed E-state index contributed by atoms with van der Waals surface area (Å²) in [6, 6.07) is -0.0601.